The van der Waals surface area contributed by atoms with Crippen molar-refractivity contribution in [1.82, 2.24) is 24.4 Å². The normalized spacial score (nSPS) is 25.8. The summed E-state index contributed by atoms with van der Waals surface area (Å²) in [5.41, 5.74) is 2.10. The van der Waals surface area contributed by atoms with Gasteiger partial charge in [-0.15, -0.1) is 0 Å². The van der Waals surface area contributed by atoms with Crippen molar-refractivity contribution < 1.29 is 38.2 Å². The maximum atomic E-state index is 14.0. The van der Waals surface area contributed by atoms with Crippen LogP contribution in [0.1, 0.15) is 77.8 Å². The molecule has 0 radical (unpaired) electrons. The molecule has 2 aliphatic carbocycles. The minimum Gasteiger partial charge on any atom is -0.493 e. The molecule has 15 nitrogen and oxygen atoms in total. The number of carbonyl (C=O) groups is 4. The maximum absolute atomic E-state index is 14.0. The first-order chi connectivity index (χ1) is 31.8. The molecule has 4 aromatic rings. The minimum absolute atomic E-state index is 0.0109. The Balaban J connectivity index is 0.750. The zero-order valence-electron chi connectivity index (χ0n) is 38.5. The summed E-state index contributed by atoms with van der Waals surface area (Å²) >= 11 is 12.5. The number of aliphatic hydroxyl groups is 1. The van der Waals surface area contributed by atoms with Crippen molar-refractivity contribution in [2.75, 3.05) is 37.9 Å². The average Bonchev–Trinajstić information content (AvgIpc) is 4.00. The van der Waals surface area contributed by atoms with Gasteiger partial charge in [-0.1, -0.05) is 56.6 Å². The van der Waals surface area contributed by atoms with Crippen LogP contribution in [0.4, 0.5) is 11.4 Å². The Hall–Kier alpha value is -5.44. The number of nitrogens with one attached hydrogen (secondary N) is 2. The van der Waals surface area contributed by atoms with E-state index in [1.165, 1.54) is 11.3 Å². The van der Waals surface area contributed by atoms with Crippen molar-refractivity contribution in [1.29, 1.82) is 5.26 Å². The van der Waals surface area contributed by atoms with Crippen LogP contribution in [-0.2, 0) is 43.3 Å². The van der Waals surface area contributed by atoms with E-state index in [0.717, 1.165) is 48.2 Å². The van der Waals surface area contributed by atoms with E-state index in [1.54, 1.807) is 29.3 Å². The summed E-state index contributed by atoms with van der Waals surface area (Å²) in [7, 11) is 0. The molecule has 4 aliphatic rings. The molecule has 8 rings (SSSR count). The van der Waals surface area contributed by atoms with Crippen LogP contribution in [0.25, 0.3) is 11.3 Å². The number of hydrogen-bond acceptors (Lipinski definition) is 11. The number of likely N-dealkylation sites (tertiary alicyclic amines) is 1. The number of halogens is 1. The van der Waals surface area contributed by atoms with Crippen LogP contribution in [0.5, 0.6) is 5.75 Å². The van der Waals surface area contributed by atoms with Gasteiger partial charge in [-0.05, 0) is 98.1 Å². The molecular weight excluding hydrogens is 894 g/mol. The van der Waals surface area contributed by atoms with Crippen LogP contribution in [0.3, 0.4) is 0 Å². The van der Waals surface area contributed by atoms with Gasteiger partial charge < -0.3 is 51.2 Å². The van der Waals surface area contributed by atoms with Crippen LogP contribution in [0, 0.1) is 34.0 Å². The number of β-amino-alcohol motifs (C(OH)–C–C–N with tert-alkyl or cyclic N) is 1. The van der Waals surface area contributed by atoms with Crippen molar-refractivity contribution in [3.63, 3.8) is 0 Å². The van der Waals surface area contributed by atoms with E-state index in [2.05, 4.69) is 21.7 Å². The van der Waals surface area contributed by atoms with E-state index in [9.17, 15) is 29.5 Å². The molecule has 3 aromatic carbocycles. The van der Waals surface area contributed by atoms with E-state index >= 15 is 0 Å². The second kappa shape index (κ2) is 18.9. The zero-order chi connectivity index (χ0) is 47.9. The predicted molar refractivity (Wildman–Crippen MR) is 254 cm³/mol. The molecule has 1 aromatic heterocycles. The molecule has 2 aliphatic heterocycles. The number of anilines is 1. The summed E-state index contributed by atoms with van der Waals surface area (Å²) in [5, 5.41) is 25.9. The number of amides is 4. The fourth-order valence-corrected chi connectivity index (χ4v) is 10.8. The van der Waals surface area contributed by atoms with Gasteiger partial charge in [0.15, 0.2) is 24.4 Å². The van der Waals surface area contributed by atoms with E-state index in [0.29, 0.717) is 42.1 Å². The molecule has 0 bridgehead atoms. The largest absolute Gasteiger partial charge is 0.493 e. The number of quaternary nitrogens is 1. The van der Waals surface area contributed by atoms with Gasteiger partial charge in [0.05, 0.1) is 41.8 Å². The van der Waals surface area contributed by atoms with Gasteiger partial charge in [0.2, 0.25) is 17.7 Å². The number of oxazole rings is 1. The number of benzene rings is 3. The lowest BCUT2D eigenvalue weighted by atomic mass is 9.48. The van der Waals surface area contributed by atoms with Crippen molar-refractivity contribution in [2.24, 2.45) is 22.7 Å². The van der Waals surface area contributed by atoms with E-state index in [1.807, 2.05) is 83.1 Å². The van der Waals surface area contributed by atoms with Gasteiger partial charge in [0.25, 0.3) is 5.91 Å². The van der Waals surface area contributed by atoms with Crippen molar-refractivity contribution in [3.05, 3.63) is 95.5 Å². The lowest BCUT2D eigenvalue weighted by Gasteiger charge is -2.57. The molecule has 67 heavy (non-hydrogen) atoms. The van der Waals surface area contributed by atoms with E-state index in [4.69, 9.17) is 38.3 Å². The number of carbonyl (C=O) groups excluding carboxylic acids is 4. The maximum Gasteiger partial charge on any atom is 0.291 e. The lowest BCUT2D eigenvalue weighted by Crippen LogP contribution is -2.58. The van der Waals surface area contributed by atoms with Gasteiger partial charge in [-0.3, -0.25) is 24.1 Å². The summed E-state index contributed by atoms with van der Waals surface area (Å²) in [6.45, 7) is 10.6. The molecule has 4 atom stereocenters. The summed E-state index contributed by atoms with van der Waals surface area (Å²) < 4.78 is 17.4. The third-order valence-electron chi connectivity index (χ3n) is 14.0. The topological polar surface area (TPSA) is 187 Å². The van der Waals surface area contributed by atoms with Crippen LogP contribution < -0.4 is 24.2 Å². The van der Waals surface area contributed by atoms with E-state index < -0.39 is 41.0 Å². The first kappa shape index (κ1) is 48.0. The van der Waals surface area contributed by atoms with Crippen molar-refractivity contribution >= 4 is 59.4 Å². The first-order valence-corrected chi connectivity index (χ1v) is 23.5. The molecule has 354 valence electrons. The van der Waals surface area contributed by atoms with Gasteiger partial charge >= 0.3 is 0 Å². The predicted octanol–water partition coefficient (Wildman–Crippen LogP) is 6.43. The third-order valence-corrected chi connectivity index (χ3v) is 15.1. The fraction of sp³-hybridized carbons (Fsp3) is 0.480. The Kier molecular flexibility index (Phi) is 13.6. The second-order valence-corrected chi connectivity index (χ2v) is 21.4. The van der Waals surface area contributed by atoms with E-state index in [-0.39, 0.29) is 58.9 Å². The molecule has 1 spiro atoms. The second-order valence-electron chi connectivity index (χ2n) is 20.4. The highest BCUT2D eigenvalue weighted by atomic mass is 35.5. The van der Waals surface area contributed by atoms with Gasteiger partial charge in [0, 0.05) is 37.2 Å². The van der Waals surface area contributed by atoms with Crippen molar-refractivity contribution in [2.45, 2.75) is 97.0 Å². The molecule has 1 unspecified atom stereocenters. The number of ether oxygens (including phenoxy) is 2. The molecule has 3 heterocycles. The Bertz CT molecular complexity index is 2510. The number of hydrogen-bond donors (Lipinski definition) is 3. The van der Waals surface area contributed by atoms with Gasteiger partial charge in [0.1, 0.15) is 36.2 Å². The molecular formula is C50H58ClN7O8S. The van der Waals surface area contributed by atoms with Crippen LogP contribution in [0.15, 0.2) is 83.7 Å². The number of rotatable bonds is 15. The molecule has 2 saturated heterocycles. The van der Waals surface area contributed by atoms with Gasteiger partial charge in [-0.2, -0.15) is 5.26 Å². The first-order valence-electron chi connectivity index (χ1n) is 22.7. The number of aromatic nitrogens is 1. The molecule has 3 N–H and O–H groups in total. The summed E-state index contributed by atoms with van der Waals surface area (Å²) in [4.78, 5) is 61.2. The number of nitrogens with zero attached hydrogens (tertiary/aromatic N) is 5. The van der Waals surface area contributed by atoms with Crippen LogP contribution >= 0.6 is 11.6 Å². The Morgan fingerprint density at radius 3 is 2.36 bits per heavy atom. The van der Waals surface area contributed by atoms with Crippen LogP contribution in [-0.4, -0.2) is 95.4 Å². The summed E-state index contributed by atoms with van der Waals surface area (Å²) in [6, 6.07) is 20.3. The van der Waals surface area contributed by atoms with Gasteiger partial charge in [-0.25, -0.2) is 4.98 Å². The van der Waals surface area contributed by atoms with Crippen molar-refractivity contribution in [3.8, 4) is 23.1 Å². The smallest absolute Gasteiger partial charge is 0.291 e. The molecule has 4 fully saturated rings. The SMILES string of the molecule is CC(C)(C)[C@H](NC(=O)COCC1CC2(C1)CC(COc1ccc([N+]3([S-])CN(c4ccc(C#N)c(Cl)c4)C(=O)C3(C)C)cc1)C2)C(=O)N1C[C@H](O)C[C@H]1C(=O)NCc1ccc(-c2cnco2)cc1. The lowest BCUT2D eigenvalue weighted by molar-refractivity contribution is -0.145. The molecule has 17 heteroatoms. The standard InChI is InChI=1S/C50H58ClN7O8S/c1-48(2,3)44(46(62)56-25-38(59)17-41(56)45(61)54-23-31-6-8-34(9-7-31)42-24-53-29-66-42)55-43(60)28-64-26-32-18-50(19-32)20-33(21-50)27-65-39-14-12-37(13-15-39)58(67)30-57(47(63)49(58,4)5)36-11-10-35(22-52)40(51)16-36/h6-16,24,29,32-33,38,41,44,59H,17-21,23,25-28,30H2,1-5H3,(H,54,61)(H,55,60)/t32?,33?,38-,41+,44-,50?,58?/m1/s1. The highest BCUT2D eigenvalue weighted by molar-refractivity contribution is 7.58. The zero-order valence-corrected chi connectivity index (χ0v) is 40.1. The van der Waals surface area contributed by atoms with Crippen LogP contribution in [0.2, 0.25) is 5.02 Å². The highest BCUT2D eigenvalue weighted by Gasteiger charge is 2.55. The Morgan fingerprint density at radius 2 is 1.73 bits per heavy atom. The highest BCUT2D eigenvalue weighted by Crippen LogP contribution is 2.61. The Morgan fingerprint density at radius 1 is 1.04 bits per heavy atom. The monoisotopic (exact) mass is 951 g/mol. The fourth-order valence-electron chi connectivity index (χ4n) is 10.3. The summed E-state index contributed by atoms with van der Waals surface area (Å²) in [5.74, 6) is 0.809. The minimum atomic E-state index is -0.943. The number of nitriles is 1. The quantitative estimate of drug-likeness (QED) is 0.0881. The molecule has 4 amide bonds. The number of aliphatic hydroxyl groups excluding tert-OH is 1. The molecule has 2 saturated carbocycles. The Labute approximate surface area is 401 Å². The average molecular weight is 953 g/mol. The summed E-state index contributed by atoms with van der Waals surface area (Å²) in [6.07, 6.45) is 6.39. The third kappa shape index (κ3) is 9.94.